The Morgan fingerprint density at radius 2 is 2.25 bits per heavy atom. The third kappa shape index (κ3) is 3.25. The van der Waals surface area contributed by atoms with Gasteiger partial charge in [-0.05, 0) is 35.8 Å². The van der Waals surface area contributed by atoms with E-state index < -0.39 is 5.60 Å². The van der Waals surface area contributed by atoms with Crippen molar-refractivity contribution in [1.29, 1.82) is 0 Å². The van der Waals surface area contributed by atoms with E-state index in [0.29, 0.717) is 6.54 Å². The van der Waals surface area contributed by atoms with E-state index in [1.54, 1.807) is 11.3 Å². The van der Waals surface area contributed by atoms with E-state index in [0.717, 1.165) is 42.1 Å². The highest BCUT2D eigenvalue weighted by Crippen LogP contribution is 2.27. The fourth-order valence-electron chi connectivity index (χ4n) is 2.44. The van der Waals surface area contributed by atoms with Crippen molar-refractivity contribution in [2.45, 2.75) is 25.0 Å². The summed E-state index contributed by atoms with van der Waals surface area (Å²) in [5.41, 5.74) is 1.71. The highest BCUT2D eigenvalue weighted by Gasteiger charge is 2.28. The predicted octanol–water partition coefficient (Wildman–Crippen LogP) is 2.49. The number of rotatable bonds is 5. The summed E-state index contributed by atoms with van der Waals surface area (Å²) < 4.78 is 0. The molecule has 1 saturated heterocycles. The maximum atomic E-state index is 10.5. The minimum Gasteiger partial charge on any atom is -0.389 e. The SMILES string of the molecule is OC1(CNCc2cn[nH]c2-c2cccs2)CCSCC1. The summed E-state index contributed by atoms with van der Waals surface area (Å²) in [7, 11) is 0. The average molecular weight is 309 g/mol. The van der Waals surface area contributed by atoms with Gasteiger partial charge in [0.05, 0.1) is 22.4 Å². The van der Waals surface area contributed by atoms with Crippen LogP contribution in [0.2, 0.25) is 0 Å². The van der Waals surface area contributed by atoms with Crippen LogP contribution < -0.4 is 5.32 Å². The van der Waals surface area contributed by atoms with Crippen molar-refractivity contribution in [2.24, 2.45) is 0 Å². The zero-order valence-electron chi connectivity index (χ0n) is 11.3. The number of hydrogen-bond donors (Lipinski definition) is 3. The molecule has 3 rings (SSSR count). The van der Waals surface area contributed by atoms with Gasteiger partial charge in [-0.3, -0.25) is 5.10 Å². The molecule has 0 amide bonds. The molecule has 1 fully saturated rings. The molecule has 0 saturated carbocycles. The zero-order chi connectivity index (χ0) is 13.8. The molecule has 0 bridgehead atoms. The number of nitrogens with zero attached hydrogens (tertiary/aromatic N) is 1. The lowest BCUT2D eigenvalue weighted by atomic mass is 9.97. The average Bonchev–Trinajstić information content (AvgIpc) is 3.09. The second kappa shape index (κ2) is 6.30. The van der Waals surface area contributed by atoms with Crippen LogP contribution in [0.4, 0.5) is 0 Å². The van der Waals surface area contributed by atoms with Crippen LogP contribution in [0.25, 0.3) is 10.6 Å². The highest BCUT2D eigenvalue weighted by atomic mass is 32.2. The molecule has 20 heavy (non-hydrogen) atoms. The topological polar surface area (TPSA) is 60.9 Å². The van der Waals surface area contributed by atoms with Gasteiger partial charge >= 0.3 is 0 Å². The molecule has 6 heteroatoms. The van der Waals surface area contributed by atoms with Crippen molar-refractivity contribution < 1.29 is 5.11 Å². The fourth-order valence-corrected chi connectivity index (χ4v) is 4.45. The van der Waals surface area contributed by atoms with Gasteiger partial charge in [0.15, 0.2) is 0 Å². The van der Waals surface area contributed by atoms with Crippen molar-refractivity contribution in [3.05, 3.63) is 29.3 Å². The third-order valence-corrected chi connectivity index (χ3v) is 5.55. The Bertz CT molecular complexity index is 532. The zero-order valence-corrected chi connectivity index (χ0v) is 12.9. The van der Waals surface area contributed by atoms with Gasteiger partial charge in [0.2, 0.25) is 0 Å². The molecule has 4 nitrogen and oxygen atoms in total. The maximum Gasteiger partial charge on any atom is 0.0794 e. The number of aromatic nitrogens is 2. The van der Waals surface area contributed by atoms with Crippen molar-refractivity contribution in [2.75, 3.05) is 18.1 Å². The molecule has 0 atom stereocenters. The Morgan fingerprint density at radius 3 is 3.00 bits per heavy atom. The second-order valence-electron chi connectivity index (χ2n) is 5.19. The highest BCUT2D eigenvalue weighted by molar-refractivity contribution is 7.99. The summed E-state index contributed by atoms with van der Waals surface area (Å²) in [5, 5.41) is 23.1. The lowest BCUT2D eigenvalue weighted by Gasteiger charge is -2.31. The number of thiophene rings is 1. The van der Waals surface area contributed by atoms with Crippen LogP contribution in [-0.4, -0.2) is 39.0 Å². The number of H-pyrrole nitrogens is 1. The first-order valence-electron chi connectivity index (χ1n) is 6.84. The van der Waals surface area contributed by atoms with Gasteiger partial charge < -0.3 is 10.4 Å². The monoisotopic (exact) mass is 309 g/mol. The lowest BCUT2D eigenvalue weighted by Crippen LogP contribution is -2.43. The molecule has 0 aromatic carbocycles. The molecule has 108 valence electrons. The quantitative estimate of drug-likeness (QED) is 0.794. The van der Waals surface area contributed by atoms with Gasteiger partial charge in [-0.15, -0.1) is 11.3 Å². The standard InChI is InChI=1S/C14H19N3OS2/c18-14(3-6-19-7-4-14)10-15-8-11-9-16-17-13(11)12-2-1-5-20-12/h1-2,5,9,15,18H,3-4,6-8,10H2,(H,16,17). The van der Waals surface area contributed by atoms with Crippen molar-refractivity contribution in [3.8, 4) is 10.6 Å². The van der Waals surface area contributed by atoms with Gasteiger partial charge in [-0.1, -0.05) is 6.07 Å². The molecule has 1 aliphatic heterocycles. The van der Waals surface area contributed by atoms with Gasteiger partial charge in [0.25, 0.3) is 0 Å². The Hall–Kier alpha value is -0.820. The first kappa shape index (κ1) is 14.1. The van der Waals surface area contributed by atoms with Crippen LogP contribution in [-0.2, 0) is 6.54 Å². The van der Waals surface area contributed by atoms with Gasteiger partial charge in [-0.2, -0.15) is 16.9 Å². The summed E-state index contributed by atoms with van der Waals surface area (Å²) in [5.74, 6) is 2.12. The molecule has 3 N–H and O–H groups in total. The largest absolute Gasteiger partial charge is 0.389 e. The van der Waals surface area contributed by atoms with Crippen LogP contribution in [0.15, 0.2) is 23.7 Å². The summed E-state index contributed by atoms with van der Waals surface area (Å²) >= 11 is 3.63. The fraction of sp³-hybridized carbons (Fsp3) is 0.500. The molecule has 3 heterocycles. The molecule has 0 unspecified atom stereocenters. The number of nitrogens with one attached hydrogen (secondary N) is 2. The third-order valence-electron chi connectivity index (χ3n) is 3.68. The summed E-state index contributed by atoms with van der Waals surface area (Å²) in [6.45, 7) is 1.39. The molecule has 2 aromatic rings. The molecular formula is C14H19N3OS2. The Kier molecular flexibility index (Phi) is 4.45. The van der Waals surface area contributed by atoms with E-state index >= 15 is 0 Å². The minimum atomic E-state index is -0.530. The Morgan fingerprint density at radius 1 is 1.40 bits per heavy atom. The molecule has 0 spiro atoms. The summed E-state index contributed by atoms with van der Waals surface area (Å²) in [6, 6.07) is 4.13. The molecule has 1 aliphatic rings. The van der Waals surface area contributed by atoms with E-state index in [1.165, 1.54) is 4.88 Å². The number of thioether (sulfide) groups is 1. The summed E-state index contributed by atoms with van der Waals surface area (Å²) in [6.07, 6.45) is 3.63. The molecular weight excluding hydrogens is 290 g/mol. The van der Waals surface area contributed by atoms with Gasteiger partial charge in [-0.25, -0.2) is 0 Å². The number of aromatic amines is 1. The van der Waals surface area contributed by atoms with Crippen LogP contribution in [0.5, 0.6) is 0 Å². The van der Waals surface area contributed by atoms with E-state index in [9.17, 15) is 5.11 Å². The lowest BCUT2D eigenvalue weighted by molar-refractivity contribution is 0.0320. The van der Waals surface area contributed by atoms with Gasteiger partial charge in [0, 0.05) is 18.7 Å². The predicted molar refractivity (Wildman–Crippen MR) is 85.1 cm³/mol. The number of hydrogen-bond acceptors (Lipinski definition) is 5. The van der Waals surface area contributed by atoms with E-state index in [2.05, 4.69) is 27.0 Å². The maximum absolute atomic E-state index is 10.5. The van der Waals surface area contributed by atoms with Crippen molar-refractivity contribution in [3.63, 3.8) is 0 Å². The van der Waals surface area contributed by atoms with Crippen molar-refractivity contribution >= 4 is 23.1 Å². The van der Waals surface area contributed by atoms with E-state index in [4.69, 9.17) is 0 Å². The number of aliphatic hydroxyl groups is 1. The Balaban J connectivity index is 1.58. The van der Waals surface area contributed by atoms with E-state index in [-0.39, 0.29) is 0 Å². The van der Waals surface area contributed by atoms with E-state index in [1.807, 2.05) is 24.0 Å². The molecule has 0 aliphatic carbocycles. The molecule has 2 aromatic heterocycles. The minimum absolute atomic E-state index is 0.530. The smallest absolute Gasteiger partial charge is 0.0794 e. The first-order chi connectivity index (χ1) is 9.77. The normalized spacial score (nSPS) is 18.2. The Labute approximate surface area is 127 Å². The van der Waals surface area contributed by atoms with Gasteiger partial charge in [0.1, 0.15) is 0 Å². The molecule has 0 radical (unpaired) electrons. The van der Waals surface area contributed by atoms with Crippen LogP contribution in [0, 0.1) is 0 Å². The van der Waals surface area contributed by atoms with Crippen LogP contribution in [0.3, 0.4) is 0 Å². The second-order valence-corrected chi connectivity index (χ2v) is 7.36. The summed E-state index contributed by atoms with van der Waals surface area (Å²) in [4.78, 5) is 1.20. The first-order valence-corrected chi connectivity index (χ1v) is 8.87. The van der Waals surface area contributed by atoms with Crippen molar-refractivity contribution in [1.82, 2.24) is 15.5 Å². The van der Waals surface area contributed by atoms with Crippen LogP contribution >= 0.6 is 23.1 Å². The van der Waals surface area contributed by atoms with Crippen LogP contribution in [0.1, 0.15) is 18.4 Å².